The van der Waals surface area contributed by atoms with Gasteiger partial charge < -0.3 is 14.2 Å². The standard InChI is InChI=1S/C21H27ClO4/c1-13-9-14(2)21(11-25-18(23)10-22)12-26-20(19(13)15(21)3)16-5-7-17(24-4)8-6-16/h5-9,14-15,19-20H,10-12H2,1-4H3. The first-order valence-corrected chi connectivity index (χ1v) is 9.62. The minimum absolute atomic E-state index is 0.00323. The quantitative estimate of drug-likeness (QED) is 0.433. The molecule has 1 aromatic rings. The molecule has 4 nitrogen and oxygen atoms in total. The van der Waals surface area contributed by atoms with Crippen LogP contribution >= 0.6 is 11.6 Å². The largest absolute Gasteiger partial charge is 0.497 e. The average Bonchev–Trinajstić information content (AvgIpc) is 2.65. The Balaban J connectivity index is 1.89. The third-order valence-electron chi connectivity index (χ3n) is 6.30. The van der Waals surface area contributed by atoms with Crippen LogP contribution in [0.1, 0.15) is 32.4 Å². The minimum atomic E-state index is -0.374. The maximum absolute atomic E-state index is 11.6. The molecule has 3 rings (SSSR count). The van der Waals surface area contributed by atoms with E-state index in [4.69, 9.17) is 25.8 Å². The van der Waals surface area contributed by atoms with E-state index < -0.39 is 0 Å². The second-order valence-electron chi connectivity index (χ2n) is 7.55. The molecular formula is C21H27ClO4. The van der Waals surface area contributed by atoms with Gasteiger partial charge in [-0.3, -0.25) is 4.79 Å². The van der Waals surface area contributed by atoms with Gasteiger partial charge in [-0.05, 0) is 36.5 Å². The van der Waals surface area contributed by atoms with Gasteiger partial charge in [0.15, 0.2) is 0 Å². The first kappa shape index (κ1) is 19.2. The summed E-state index contributed by atoms with van der Waals surface area (Å²) < 4.78 is 17.1. The molecule has 26 heavy (non-hydrogen) atoms. The molecule has 5 atom stereocenters. The summed E-state index contributed by atoms with van der Waals surface area (Å²) >= 11 is 5.60. The second kappa shape index (κ2) is 7.61. The highest BCUT2D eigenvalue weighted by molar-refractivity contribution is 6.26. The lowest BCUT2D eigenvalue weighted by Crippen LogP contribution is -2.54. The Bertz CT molecular complexity index is 684. The number of carbonyl (C=O) groups is 1. The number of allylic oxidation sites excluding steroid dienone is 1. The molecular weight excluding hydrogens is 352 g/mol. The van der Waals surface area contributed by atoms with Crippen molar-refractivity contribution in [2.45, 2.75) is 26.9 Å². The number of halogens is 1. The van der Waals surface area contributed by atoms with Gasteiger partial charge in [0.2, 0.25) is 0 Å². The molecule has 0 N–H and O–H groups in total. The number of ether oxygens (including phenoxy) is 3. The summed E-state index contributed by atoms with van der Waals surface area (Å²) in [6.45, 7) is 7.52. The SMILES string of the molecule is COc1ccc(C2OCC3(COC(=O)CCl)C(C)C=C(C)C2C3C)cc1. The Morgan fingerprint density at radius 2 is 2.00 bits per heavy atom. The van der Waals surface area contributed by atoms with Crippen LogP contribution in [0.4, 0.5) is 0 Å². The Kier molecular flexibility index (Phi) is 5.64. The number of esters is 1. The maximum Gasteiger partial charge on any atom is 0.320 e. The zero-order valence-corrected chi connectivity index (χ0v) is 16.6. The van der Waals surface area contributed by atoms with Gasteiger partial charge in [0.1, 0.15) is 11.6 Å². The molecule has 1 saturated heterocycles. The molecule has 2 aliphatic rings. The topological polar surface area (TPSA) is 44.8 Å². The van der Waals surface area contributed by atoms with Crippen molar-refractivity contribution in [2.75, 3.05) is 26.2 Å². The number of rotatable bonds is 5. The summed E-state index contributed by atoms with van der Waals surface area (Å²) in [5.74, 6) is 1.19. The van der Waals surface area contributed by atoms with Crippen molar-refractivity contribution in [2.24, 2.45) is 23.2 Å². The van der Waals surface area contributed by atoms with Crippen LogP contribution in [0.15, 0.2) is 35.9 Å². The van der Waals surface area contributed by atoms with E-state index in [1.54, 1.807) is 7.11 Å². The van der Waals surface area contributed by atoms with E-state index in [9.17, 15) is 4.79 Å². The van der Waals surface area contributed by atoms with Gasteiger partial charge in [-0.2, -0.15) is 0 Å². The number of alkyl halides is 1. The van der Waals surface area contributed by atoms with Gasteiger partial charge in [0.25, 0.3) is 0 Å². The van der Waals surface area contributed by atoms with Crippen molar-refractivity contribution in [1.82, 2.24) is 0 Å². The van der Waals surface area contributed by atoms with E-state index >= 15 is 0 Å². The van der Waals surface area contributed by atoms with Crippen LogP contribution in [0, 0.1) is 23.2 Å². The normalized spacial score (nSPS) is 33.3. The number of hydrogen-bond donors (Lipinski definition) is 0. The van der Waals surface area contributed by atoms with Gasteiger partial charge in [-0.1, -0.05) is 37.6 Å². The molecule has 0 spiro atoms. The maximum atomic E-state index is 11.6. The molecule has 0 radical (unpaired) electrons. The molecule has 5 heteroatoms. The monoisotopic (exact) mass is 378 g/mol. The van der Waals surface area contributed by atoms with E-state index in [0.29, 0.717) is 19.1 Å². The molecule has 0 amide bonds. The Morgan fingerprint density at radius 1 is 1.31 bits per heavy atom. The number of hydrogen-bond acceptors (Lipinski definition) is 4. The van der Waals surface area contributed by atoms with E-state index in [2.05, 4.69) is 39.0 Å². The smallest absolute Gasteiger partial charge is 0.320 e. The highest BCUT2D eigenvalue weighted by Crippen LogP contribution is 2.56. The van der Waals surface area contributed by atoms with Crippen LogP contribution in [-0.4, -0.2) is 32.2 Å². The van der Waals surface area contributed by atoms with Gasteiger partial charge in [-0.15, -0.1) is 11.6 Å². The average molecular weight is 379 g/mol. The van der Waals surface area contributed by atoms with Crippen LogP contribution in [0.5, 0.6) is 5.75 Å². The first-order chi connectivity index (χ1) is 12.4. The molecule has 1 heterocycles. The van der Waals surface area contributed by atoms with Gasteiger partial charge in [0, 0.05) is 11.3 Å². The predicted octanol–water partition coefficient (Wildman–Crippen LogP) is 4.38. The van der Waals surface area contributed by atoms with Crippen molar-refractivity contribution in [3.63, 3.8) is 0 Å². The summed E-state index contributed by atoms with van der Waals surface area (Å²) in [4.78, 5) is 11.6. The van der Waals surface area contributed by atoms with Gasteiger partial charge in [0.05, 0.1) is 26.4 Å². The van der Waals surface area contributed by atoms with Gasteiger partial charge >= 0.3 is 5.97 Å². The fourth-order valence-electron chi connectivity index (χ4n) is 4.61. The third-order valence-corrected chi connectivity index (χ3v) is 6.52. The van der Waals surface area contributed by atoms with E-state index in [-0.39, 0.29) is 35.2 Å². The number of fused-ring (bicyclic) bond motifs is 2. The van der Waals surface area contributed by atoms with Crippen LogP contribution in [0.25, 0.3) is 0 Å². The van der Waals surface area contributed by atoms with Gasteiger partial charge in [-0.25, -0.2) is 0 Å². The number of carbonyl (C=O) groups excluding carboxylic acids is 1. The number of benzene rings is 1. The highest BCUT2D eigenvalue weighted by Gasteiger charge is 2.54. The fraction of sp³-hybridized carbons (Fsp3) is 0.571. The van der Waals surface area contributed by atoms with Crippen molar-refractivity contribution < 1.29 is 19.0 Å². The zero-order chi connectivity index (χ0) is 18.9. The highest BCUT2D eigenvalue weighted by atomic mass is 35.5. The molecule has 1 fully saturated rings. The summed E-state index contributed by atoms with van der Waals surface area (Å²) in [6.07, 6.45) is 2.31. The molecule has 1 aromatic carbocycles. The van der Waals surface area contributed by atoms with Crippen LogP contribution in [-0.2, 0) is 14.3 Å². The van der Waals surface area contributed by atoms with E-state index in [1.165, 1.54) is 5.57 Å². The van der Waals surface area contributed by atoms with Crippen LogP contribution in [0.2, 0.25) is 0 Å². The lowest BCUT2D eigenvalue weighted by molar-refractivity contribution is -0.180. The van der Waals surface area contributed by atoms with Crippen molar-refractivity contribution in [3.05, 3.63) is 41.5 Å². The lowest BCUT2D eigenvalue weighted by atomic mass is 9.56. The van der Waals surface area contributed by atoms with Crippen molar-refractivity contribution in [3.8, 4) is 5.75 Å². The molecule has 0 aromatic heterocycles. The molecule has 5 unspecified atom stereocenters. The molecule has 1 aliphatic carbocycles. The zero-order valence-electron chi connectivity index (χ0n) is 15.8. The Hall–Kier alpha value is -1.52. The van der Waals surface area contributed by atoms with E-state index in [0.717, 1.165) is 11.3 Å². The lowest BCUT2D eigenvalue weighted by Gasteiger charge is -2.55. The van der Waals surface area contributed by atoms with Crippen molar-refractivity contribution in [1.29, 1.82) is 0 Å². The molecule has 0 saturated carbocycles. The third kappa shape index (κ3) is 3.25. The predicted molar refractivity (Wildman–Crippen MR) is 101 cm³/mol. The Labute approximate surface area is 160 Å². The molecule has 2 bridgehead atoms. The summed E-state index contributed by atoms with van der Waals surface area (Å²) in [5, 5.41) is 0. The first-order valence-electron chi connectivity index (χ1n) is 9.08. The summed E-state index contributed by atoms with van der Waals surface area (Å²) in [7, 11) is 1.67. The Morgan fingerprint density at radius 3 is 2.62 bits per heavy atom. The van der Waals surface area contributed by atoms with E-state index in [1.807, 2.05) is 12.1 Å². The fourth-order valence-corrected chi connectivity index (χ4v) is 4.68. The molecule has 142 valence electrons. The summed E-state index contributed by atoms with van der Waals surface area (Å²) in [5.41, 5.74) is 2.27. The van der Waals surface area contributed by atoms with Crippen molar-refractivity contribution >= 4 is 17.6 Å². The summed E-state index contributed by atoms with van der Waals surface area (Å²) in [6, 6.07) is 8.08. The number of methoxy groups -OCH3 is 1. The van der Waals surface area contributed by atoms with Crippen LogP contribution < -0.4 is 4.74 Å². The second-order valence-corrected chi connectivity index (χ2v) is 7.81. The van der Waals surface area contributed by atoms with Crippen LogP contribution in [0.3, 0.4) is 0 Å². The minimum Gasteiger partial charge on any atom is -0.497 e. The molecule has 1 aliphatic heterocycles.